The number of aliphatic hydroxyl groups excluding tert-OH is 2. The fourth-order valence-corrected chi connectivity index (χ4v) is 4.28. The summed E-state index contributed by atoms with van der Waals surface area (Å²) < 4.78 is 35.5. The van der Waals surface area contributed by atoms with E-state index in [0.717, 1.165) is 54.8 Å². The number of nitrogens with zero attached hydrogens (tertiary/aromatic N) is 4. The van der Waals surface area contributed by atoms with Crippen LogP contribution in [-0.4, -0.2) is 48.4 Å². The van der Waals surface area contributed by atoms with Gasteiger partial charge in [-0.25, -0.2) is 13.5 Å². The molecular weight excluding hydrogens is 476 g/mol. The van der Waals surface area contributed by atoms with E-state index in [1.54, 1.807) is 6.20 Å². The predicted molar refractivity (Wildman–Crippen MR) is 124 cm³/mol. The van der Waals surface area contributed by atoms with Crippen LogP contribution < -0.4 is 15.6 Å². The van der Waals surface area contributed by atoms with Gasteiger partial charge < -0.3 is 20.3 Å². The minimum absolute atomic E-state index is 0.0446. The number of carbonyl (C=O) groups excluding carboxylic acids is 1. The molecule has 0 unspecified atom stereocenters. The normalized spacial score (nSPS) is 15.6. The Hall–Kier alpha value is -3.64. The van der Waals surface area contributed by atoms with Crippen molar-refractivity contribution in [3.8, 4) is 11.5 Å². The van der Waals surface area contributed by atoms with Crippen molar-refractivity contribution in [1.82, 2.24) is 19.6 Å². The summed E-state index contributed by atoms with van der Waals surface area (Å²) in [6.07, 6.45) is 6.00. The molecule has 4 rings (SSSR count). The molecule has 0 spiro atoms. The van der Waals surface area contributed by atoms with Crippen molar-refractivity contribution >= 4 is 11.7 Å². The zero-order chi connectivity index (χ0) is 25.7. The number of hydrogen-bond donors (Lipinski definition) is 3. The van der Waals surface area contributed by atoms with Crippen molar-refractivity contribution in [3.63, 3.8) is 0 Å². The smallest absolute Gasteiger partial charge is 0.271 e. The quantitative estimate of drug-likeness (QED) is 0.388. The molecule has 0 radical (unpaired) electrons. The van der Waals surface area contributed by atoms with Crippen molar-refractivity contribution < 1.29 is 28.5 Å². The highest BCUT2D eigenvalue weighted by Crippen LogP contribution is 2.32. The van der Waals surface area contributed by atoms with Crippen LogP contribution in [0.5, 0.6) is 11.5 Å². The monoisotopic (exact) mass is 503 g/mol. The SMILES string of the molecule is O=C(Nc1ccn(C[C@@H](O)CO)n1)[C@H](CC1CCCC1)n1ncc(Oc2c(F)cccc2F)cc1=O. The molecule has 1 saturated carbocycles. The fraction of sp³-hybridized carbons (Fsp3) is 0.417. The lowest BCUT2D eigenvalue weighted by atomic mass is 9.98. The van der Waals surface area contributed by atoms with E-state index in [0.29, 0.717) is 6.42 Å². The average Bonchev–Trinajstić information content (AvgIpc) is 3.52. The van der Waals surface area contributed by atoms with Gasteiger partial charge in [0, 0.05) is 18.3 Å². The minimum atomic E-state index is -0.995. The van der Waals surface area contributed by atoms with Crippen molar-refractivity contribution in [2.75, 3.05) is 11.9 Å². The second kappa shape index (κ2) is 11.4. The molecule has 2 atom stereocenters. The second-order valence-electron chi connectivity index (χ2n) is 8.78. The van der Waals surface area contributed by atoms with Gasteiger partial charge in [-0.15, -0.1) is 0 Å². The van der Waals surface area contributed by atoms with E-state index in [1.165, 1.54) is 16.8 Å². The number of ether oxygens (including phenoxy) is 1. The van der Waals surface area contributed by atoms with E-state index >= 15 is 0 Å². The number of benzene rings is 1. The van der Waals surface area contributed by atoms with Gasteiger partial charge >= 0.3 is 0 Å². The molecule has 3 N–H and O–H groups in total. The van der Waals surface area contributed by atoms with Gasteiger partial charge in [-0.2, -0.15) is 10.2 Å². The first kappa shape index (κ1) is 25.5. The number of para-hydroxylation sites is 1. The molecule has 36 heavy (non-hydrogen) atoms. The Labute approximate surface area is 205 Å². The van der Waals surface area contributed by atoms with E-state index in [9.17, 15) is 23.5 Å². The first-order valence-electron chi connectivity index (χ1n) is 11.7. The maximum absolute atomic E-state index is 13.9. The zero-order valence-corrected chi connectivity index (χ0v) is 19.4. The summed E-state index contributed by atoms with van der Waals surface area (Å²) in [7, 11) is 0. The van der Waals surface area contributed by atoms with E-state index in [-0.39, 0.29) is 24.0 Å². The standard InChI is InChI=1S/C24H27F2N5O5/c25-18-6-3-7-19(26)23(18)36-17-11-22(34)31(27-12-17)20(10-15-4-1-2-5-15)24(35)28-21-8-9-30(29-21)13-16(33)14-32/h3,6-9,11-12,15-16,20,32-33H,1-2,4-5,10,13-14H2,(H,28,29,35)/t16-,20+/m1/s1. The molecule has 2 aromatic heterocycles. The summed E-state index contributed by atoms with van der Waals surface area (Å²) in [5, 5.41) is 29.5. The van der Waals surface area contributed by atoms with Gasteiger partial charge in [-0.1, -0.05) is 31.7 Å². The highest BCUT2D eigenvalue weighted by molar-refractivity contribution is 5.92. The third kappa shape index (κ3) is 6.13. The lowest BCUT2D eigenvalue weighted by Gasteiger charge is -2.21. The minimum Gasteiger partial charge on any atom is -0.449 e. The Kier molecular flexibility index (Phi) is 8.06. The van der Waals surface area contributed by atoms with Crippen molar-refractivity contribution in [2.45, 2.75) is 50.8 Å². The molecule has 2 heterocycles. The summed E-state index contributed by atoms with van der Waals surface area (Å²) in [6.45, 7) is -0.383. The summed E-state index contributed by atoms with van der Waals surface area (Å²) in [5.41, 5.74) is -0.668. The molecule has 0 aliphatic heterocycles. The lowest BCUT2D eigenvalue weighted by molar-refractivity contribution is -0.120. The number of amides is 1. The summed E-state index contributed by atoms with van der Waals surface area (Å²) in [6, 6.07) is 4.86. The Morgan fingerprint density at radius 2 is 1.94 bits per heavy atom. The number of anilines is 1. The molecule has 0 bridgehead atoms. The Balaban J connectivity index is 1.55. The first-order chi connectivity index (χ1) is 17.3. The van der Waals surface area contributed by atoms with Crippen LogP contribution in [0.1, 0.15) is 38.1 Å². The highest BCUT2D eigenvalue weighted by atomic mass is 19.1. The molecule has 1 aliphatic carbocycles. The van der Waals surface area contributed by atoms with Crippen LogP contribution in [0.15, 0.2) is 47.5 Å². The molecule has 192 valence electrons. The molecule has 1 amide bonds. The van der Waals surface area contributed by atoms with Gasteiger partial charge in [0.1, 0.15) is 6.04 Å². The third-order valence-corrected chi connectivity index (χ3v) is 6.07. The lowest BCUT2D eigenvalue weighted by Crippen LogP contribution is -2.36. The molecule has 10 nitrogen and oxygen atoms in total. The predicted octanol–water partition coefficient (Wildman–Crippen LogP) is 2.62. The molecule has 1 aromatic carbocycles. The number of aromatic nitrogens is 4. The molecular formula is C24H27F2N5O5. The summed E-state index contributed by atoms with van der Waals surface area (Å²) >= 11 is 0. The van der Waals surface area contributed by atoms with Crippen LogP contribution in [0.25, 0.3) is 0 Å². The number of halogens is 2. The van der Waals surface area contributed by atoms with Gasteiger partial charge in [0.15, 0.2) is 29.0 Å². The Morgan fingerprint density at radius 3 is 2.61 bits per heavy atom. The van der Waals surface area contributed by atoms with Gasteiger partial charge in [-0.05, 0) is 24.5 Å². The maximum atomic E-state index is 13.9. The molecule has 3 aromatic rings. The number of rotatable bonds is 10. The summed E-state index contributed by atoms with van der Waals surface area (Å²) in [5.74, 6) is -2.73. The van der Waals surface area contributed by atoms with Gasteiger partial charge in [0.2, 0.25) is 0 Å². The second-order valence-corrected chi connectivity index (χ2v) is 8.78. The largest absolute Gasteiger partial charge is 0.449 e. The topological polar surface area (TPSA) is 132 Å². The zero-order valence-electron chi connectivity index (χ0n) is 19.4. The number of nitrogens with one attached hydrogen (secondary N) is 1. The summed E-state index contributed by atoms with van der Waals surface area (Å²) in [4.78, 5) is 26.1. The van der Waals surface area contributed by atoms with Gasteiger partial charge in [0.25, 0.3) is 11.5 Å². The fourth-order valence-electron chi connectivity index (χ4n) is 4.28. The van der Waals surface area contributed by atoms with Crippen LogP contribution in [0.4, 0.5) is 14.6 Å². The highest BCUT2D eigenvalue weighted by Gasteiger charge is 2.29. The number of aliphatic hydroxyl groups is 2. The van der Waals surface area contributed by atoms with E-state index in [4.69, 9.17) is 9.84 Å². The third-order valence-electron chi connectivity index (χ3n) is 6.07. The van der Waals surface area contributed by atoms with Crippen LogP contribution >= 0.6 is 0 Å². The van der Waals surface area contributed by atoms with Crippen molar-refractivity contribution in [2.24, 2.45) is 5.92 Å². The molecule has 12 heteroatoms. The Morgan fingerprint density at radius 1 is 1.22 bits per heavy atom. The van der Waals surface area contributed by atoms with Crippen LogP contribution in [0.3, 0.4) is 0 Å². The Bertz CT molecular complexity index is 1240. The number of hydrogen-bond acceptors (Lipinski definition) is 7. The van der Waals surface area contributed by atoms with Crippen molar-refractivity contribution in [1.29, 1.82) is 0 Å². The maximum Gasteiger partial charge on any atom is 0.271 e. The van der Waals surface area contributed by atoms with Crippen LogP contribution in [-0.2, 0) is 11.3 Å². The van der Waals surface area contributed by atoms with Crippen LogP contribution in [0.2, 0.25) is 0 Å². The first-order valence-corrected chi connectivity index (χ1v) is 11.7. The van der Waals surface area contributed by atoms with E-state index in [1.807, 2.05) is 0 Å². The van der Waals surface area contributed by atoms with Crippen molar-refractivity contribution in [3.05, 3.63) is 64.7 Å². The van der Waals surface area contributed by atoms with E-state index in [2.05, 4.69) is 15.5 Å². The van der Waals surface area contributed by atoms with Crippen LogP contribution in [0, 0.1) is 17.6 Å². The average molecular weight is 504 g/mol. The molecule has 1 aliphatic rings. The van der Waals surface area contributed by atoms with Gasteiger partial charge in [-0.3, -0.25) is 14.3 Å². The van der Waals surface area contributed by atoms with Gasteiger partial charge in [0.05, 0.1) is 25.5 Å². The number of carbonyl (C=O) groups is 1. The van der Waals surface area contributed by atoms with E-state index < -0.39 is 47.6 Å². The molecule has 1 fully saturated rings. The molecule has 0 saturated heterocycles.